The van der Waals surface area contributed by atoms with Gasteiger partial charge in [-0.25, -0.2) is 0 Å². The molecule has 110 valence electrons. The normalized spacial score (nSPS) is 20.6. The highest BCUT2D eigenvalue weighted by Crippen LogP contribution is 2.22. The van der Waals surface area contributed by atoms with Gasteiger partial charge >= 0.3 is 10.2 Å². The number of nitrogens with two attached hydrogens (primary N) is 1. The molecule has 1 atom stereocenters. The van der Waals surface area contributed by atoms with Crippen LogP contribution in [0.1, 0.15) is 31.7 Å². The Balaban J connectivity index is 2.19. The number of nitrogens with one attached hydrogen (secondary N) is 1. The molecule has 0 bridgehead atoms. The number of rotatable bonds is 4. The Kier molecular flexibility index (Phi) is 4.62. The minimum Gasteiger partial charge on any atom is -0.389 e. The van der Waals surface area contributed by atoms with Crippen molar-refractivity contribution < 1.29 is 8.42 Å². The second-order valence-electron chi connectivity index (χ2n) is 5.01. The van der Waals surface area contributed by atoms with Crippen molar-refractivity contribution in [3.8, 4) is 0 Å². The first-order chi connectivity index (χ1) is 9.40. The fourth-order valence-corrected chi connectivity index (χ4v) is 3.99. The Morgan fingerprint density at radius 2 is 2.20 bits per heavy atom. The highest BCUT2D eigenvalue weighted by molar-refractivity contribution is 7.90. The molecule has 2 rings (SSSR count). The van der Waals surface area contributed by atoms with E-state index in [1.807, 2.05) is 6.92 Å². The van der Waals surface area contributed by atoms with E-state index >= 15 is 0 Å². The largest absolute Gasteiger partial charge is 0.389 e. The van der Waals surface area contributed by atoms with Crippen LogP contribution in [0, 0.1) is 0 Å². The molecule has 0 aliphatic carbocycles. The summed E-state index contributed by atoms with van der Waals surface area (Å²) >= 11 is 4.90. The minimum atomic E-state index is -3.53. The summed E-state index contributed by atoms with van der Waals surface area (Å²) in [6.07, 6.45) is 2.87. The fourth-order valence-electron chi connectivity index (χ4n) is 2.37. The van der Waals surface area contributed by atoms with Gasteiger partial charge in [-0.05, 0) is 31.9 Å². The SMILES string of the molecule is CC1CCCCN1S(=O)(=O)Nc1cccc(C(N)=S)c1. The number of thiocarbonyl (C=S) groups is 1. The summed E-state index contributed by atoms with van der Waals surface area (Å²) in [7, 11) is -3.53. The van der Waals surface area contributed by atoms with Gasteiger partial charge in [0.25, 0.3) is 0 Å². The lowest BCUT2D eigenvalue weighted by Gasteiger charge is -2.32. The lowest BCUT2D eigenvalue weighted by atomic mass is 10.1. The Morgan fingerprint density at radius 3 is 2.85 bits per heavy atom. The van der Waals surface area contributed by atoms with Gasteiger partial charge in [0.1, 0.15) is 4.99 Å². The molecule has 0 radical (unpaired) electrons. The molecule has 20 heavy (non-hydrogen) atoms. The Hall–Kier alpha value is -1.18. The zero-order valence-corrected chi connectivity index (χ0v) is 13.0. The number of benzene rings is 1. The Bertz CT molecular complexity index is 601. The van der Waals surface area contributed by atoms with E-state index in [9.17, 15) is 8.42 Å². The van der Waals surface area contributed by atoms with Gasteiger partial charge in [0, 0.05) is 18.2 Å². The summed E-state index contributed by atoms with van der Waals surface area (Å²) in [6, 6.07) is 6.85. The highest BCUT2D eigenvalue weighted by Gasteiger charge is 2.29. The molecule has 1 aliphatic heterocycles. The minimum absolute atomic E-state index is 0.0278. The van der Waals surface area contributed by atoms with Crippen LogP contribution in [0.15, 0.2) is 24.3 Å². The zero-order valence-electron chi connectivity index (χ0n) is 11.4. The maximum atomic E-state index is 12.4. The van der Waals surface area contributed by atoms with Crippen molar-refractivity contribution >= 4 is 33.1 Å². The van der Waals surface area contributed by atoms with Gasteiger partial charge in [-0.3, -0.25) is 4.72 Å². The first-order valence-corrected chi connectivity index (χ1v) is 8.44. The van der Waals surface area contributed by atoms with Crippen LogP contribution in [-0.4, -0.2) is 30.3 Å². The van der Waals surface area contributed by atoms with Crippen molar-refractivity contribution in [3.63, 3.8) is 0 Å². The molecular formula is C13H19N3O2S2. The van der Waals surface area contributed by atoms with Crippen LogP contribution in [0.25, 0.3) is 0 Å². The smallest absolute Gasteiger partial charge is 0.301 e. The number of hydrogen-bond donors (Lipinski definition) is 2. The van der Waals surface area contributed by atoms with Gasteiger partial charge in [-0.15, -0.1) is 0 Å². The second kappa shape index (κ2) is 6.07. The maximum absolute atomic E-state index is 12.4. The fraction of sp³-hybridized carbons (Fsp3) is 0.462. The number of anilines is 1. The number of nitrogens with zero attached hydrogens (tertiary/aromatic N) is 1. The van der Waals surface area contributed by atoms with Crippen molar-refractivity contribution in [2.24, 2.45) is 5.73 Å². The first kappa shape index (κ1) is 15.2. The van der Waals surface area contributed by atoms with Crippen LogP contribution in [0.4, 0.5) is 5.69 Å². The Labute approximate surface area is 125 Å². The Morgan fingerprint density at radius 1 is 1.45 bits per heavy atom. The van der Waals surface area contributed by atoms with Gasteiger partial charge in [0.15, 0.2) is 0 Å². The van der Waals surface area contributed by atoms with Crippen LogP contribution in [-0.2, 0) is 10.2 Å². The third-order valence-electron chi connectivity index (χ3n) is 3.44. The third-order valence-corrected chi connectivity index (χ3v) is 5.33. The summed E-state index contributed by atoms with van der Waals surface area (Å²) in [5.74, 6) is 0. The predicted molar refractivity (Wildman–Crippen MR) is 84.9 cm³/mol. The summed E-state index contributed by atoms with van der Waals surface area (Å²) in [4.78, 5) is 0.248. The van der Waals surface area contributed by atoms with E-state index in [0.717, 1.165) is 19.3 Å². The van der Waals surface area contributed by atoms with E-state index in [0.29, 0.717) is 17.8 Å². The summed E-state index contributed by atoms with van der Waals surface area (Å²) in [5, 5.41) is 0. The molecule has 0 saturated carbocycles. The predicted octanol–water partition coefficient (Wildman–Crippen LogP) is 1.85. The molecule has 3 N–H and O–H groups in total. The zero-order chi connectivity index (χ0) is 14.8. The molecule has 1 saturated heterocycles. The van der Waals surface area contributed by atoms with Crippen molar-refractivity contribution in [3.05, 3.63) is 29.8 Å². The van der Waals surface area contributed by atoms with Gasteiger partial charge in [0.2, 0.25) is 0 Å². The molecule has 0 aromatic heterocycles. The monoisotopic (exact) mass is 313 g/mol. The second-order valence-corrected chi connectivity index (χ2v) is 7.07. The molecule has 5 nitrogen and oxygen atoms in total. The van der Waals surface area contributed by atoms with Gasteiger partial charge in [-0.2, -0.15) is 12.7 Å². The van der Waals surface area contributed by atoms with Crippen LogP contribution in [0.3, 0.4) is 0 Å². The molecule has 0 amide bonds. The molecule has 1 aromatic carbocycles. The van der Waals surface area contributed by atoms with Crippen LogP contribution < -0.4 is 10.5 Å². The molecule has 1 fully saturated rings. The van der Waals surface area contributed by atoms with Gasteiger partial charge in [0.05, 0.1) is 5.69 Å². The standard InChI is InChI=1S/C13H19N3O2S2/c1-10-5-2-3-8-16(10)20(17,18)15-12-7-4-6-11(9-12)13(14)19/h4,6-7,9-10,15H,2-3,5,8H2,1H3,(H2,14,19). The summed E-state index contributed by atoms with van der Waals surface area (Å²) in [6.45, 7) is 2.50. The molecule has 1 unspecified atom stereocenters. The van der Waals surface area contributed by atoms with E-state index in [4.69, 9.17) is 18.0 Å². The van der Waals surface area contributed by atoms with E-state index in [1.54, 1.807) is 24.3 Å². The van der Waals surface area contributed by atoms with Crippen LogP contribution in [0.2, 0.25) is 0 Å². The topological polar surface area (TPSA) is 75.4 Å². The molecule has 1 aliphatic rings. The van der Waals surface area contributed by atoms with E-state index < -0.39 is 10.2 Å². The quantitative estimate of drug-likeness (QED) is 0.832. The van der Waals surface area contributed by atoms with Crippen LogP contribution >= 0.6 is 12.2 Å². The molecule has 1 heterocycles. The van der Waals surface area contributed by atoms with Crippen molar-refractivity contribution in [1.82, 2.24) is 4.31 Å². The van der Waals surface area contributed by atoms with Gasteiger partial charge < -0.3 is 5.73 Å². The lowest BCUT2D eigenvalue weighted by molar-refractivity contribution is 0.270. The summed E-state index contributed by atoms with van der Waals surface area (Å²) < 4.78 is 28.9. The number of hydrogen-bond acceptors (Lipinski definition) is 3. The third kappa shape index (κ3) is 3.47. The highest BCUT2D eigenvalue weighted by atomic mass is 32.2. The maximum Gasteiger partial charge on any atom is 0.301 e. The van der Waals surface area contributed by atoms with Crippen LogP contribution in [0.5, 0.6) is 0 Å². The average molecular weight is 313 g/mol. The molecule has 0 spiro atoms. The van der Waals surface area contributed by atoms with E-state index in [-0.39, 0.29) is 11.0 Å². The molecule has 7 heteroatoms. The van der Waals surface area contributed by atoms with Gasteiger partial charge in [-0.1, -0.05) is 30.8 Å². The molecule has 1 aromatic rings. The van der Waals surface area contributed by atoms with Crippen molar-refractivity contribution in [1.29, 1.82) is 0 Å². The van der Waals surface area contributed by atoms with E-state index in [2.05, 4.69) is 4.72 Å². The summed E-state index contributed by atoms with van der Waals surface area (Å²) in [5.41, 5.74) is 6.68. The average Bonchev–Trinajstić information content (AvgIpc) is 2.38. The van der Waals surface area contributed by atoms with E-state index in [1.165, 1.54) is 4.31 Å². The first-order valence-electron chi connectivity index (χ1n) is 6.59. The number of piperidine rings is 1. The van der Waals surface area contributed by atoms with Crippen molar-refractivity contribution in [2.45, 2.75) is 32.2 Å². The van der Waals surface area contributed by atoms with Crippen molar-refractivity contribution in [2.75, 3.05) is 11.3 Å². The molecular weight excluding hydrogens is 294 g/mol. The lowest BCUT2D eigenvalue weighted by Crippen LogP contribution is -2.44.